The van der Waals surface area contributed by atoms with Gasteiger partial charge in [0.2, 0.25) is 0 Å². The normalized spacial score (nSPS) is 17.5. The lowest BCUT2D eigenvalue weighted by Gasteiger charge is -2.40. The number of nitrogens with two attached hydrogens (primary N) is 1. The molecule has 1 atom stereocenters. The molecule has 210 valence electrons. The summed E-state index contributed by atoms with van der Waals surface area (Å²) in [5, 5.41) is 10.4. The van der Waals surface area contributed by atoms with E-state index in [1.54, 1.807) is 16.7 Å². The Morgan fingerprint density at radius 1 is 1.05 bits per heavy atom. The molecule has 0 amide bonds. The number of nitrogens with zero attached hydrogens (tertiary/aromatic N) is 2. The zero-order valence-corrected chi connectivity index (χ0v) is 23.9. The van der Waals surface area contributed by atoms with Crippen LogP contribution in [-0.2, 0) is 16.7 Å². The molecule has 0 fully saturated rings. The van der Waals surface area contributed by atoms with Gasteiger partial charge in [0.25, 0.3) is 0 Å². The number of ketones is 1. The van der Waals surface area contributed by atoms with Crippen molar-refractivity contribution in [2.45, 2.75) is 62.8 Å². The minimum atomic E-state index is -4.48. The van der Waals surface area contributed by atoms with Gasteiger partial charge in [-0.05, 0) is 86.2 Å². The van der Waals surface area contributed by atoms with Crippen molar-refractivity contribution < 1.29 is 18.0 Å². The third-order valence-electron chi connectivity index (χ3n) is 7.85. The van der Waals surface area contributed by atoms with Crippen LogP contribution < -0.4 is 10.6 Å². The Kier molecular flexibility index (Phi) is 7.76. The summed E-state index contributed by atoms with van der Waals surface area (Å²) in [6, 6.07) is 19.3. The average molecular weight is 574 g/mol. The third kappa shape index (κ3) is 5.39. The maximum atomic E-state index is 13.6. The number of nitriles is 1. The Morgan fingerprint density at radius 2 is 1.76 bits per heavy atom. The summed E-state index contributed by atoms with van der Waals surface area (Å²) in [4.78, 5) is 16.3. The molecule has 1 unspecified atom stereocenters. The smallest absolute Gasteiger partial charge is 0.384 e. The number of alkyl halides is 3. The van der Waals surface area contributed by atoms with E-state index < -0.39 is 17.7 Å². The molecule has 4 nitrogen and oxygen atoms in total. The van der Waals surface area contributed by atoms with Gasteiger partial charge in [0.1, 0.15) is 5.82 Å². The molecule has 3 aromatic rings. The minimum absolute atomic E-state index is 0.0647. The van der Waals surface area contributed by atoms with E-state index in [0.717, 1.165) is 40.1 Å². The number of halogens is 3. The minimum Gasteiger partial charge on any atom is -0.384 e. The zero-order valence-electron chi connectivity index (χ0n) is 23.1. The maximum Gasteiger partial charge on any atom is 0.416 e. The summed E-state index contributed by atoms with van der Waals surface area (Å²) < 4.78 is 39.7. The highest BCUT2D eigenvalue weighted by Crippen LogP contribution is 2.48. The Labute approximate surface area is 242 Å². The summed E-state index contributed by atoms with van der Waals surface area (Å²) in [6.45, 7) is 6.10. The van der Waals surface area contributed by atoms with Gasteiger partial charge in [-0.25, -0.2) is 0 Å². The first-order valence-electron chi connectivity index (χ1n) is 13.4. The van der Waals surface area contributed by atoms with Crippen molar-refractivity contribution >= 4 is 23.2 Å². The van der Waals surface area contributed by atoms with E-state index in [9.17, 15) is 23.2 Å². The van der Waals surface area contributed by atoms with Crippen molar-refractivity contribution in [2.24, 2.45) is 5.73 Å². The monoisotopic (exact) mass is 573 g/mol. The number of rotatable bonds is 5. The van der Waals surface area contributed by atoms with E-state index in [0.29, 0.717) is 36.2 Å². The van der Waals surface area contributed by atoms with Crippen LogP contribution in [0.5, 0.6) is 0 Å². The Balaban J connectivity index is 1.62. The van der Waals surface area contributed by atoms with E-state index in [1.165, 1.54) is 22.6 Å². The molecule has 0 radical (unpaired) electrons. The number of hydrogen-bond donors (Lipinski definition) is 1. The van der Waals surface area contributed by atoms with Crippen LogP contribution in [0.4, 0.5) is 18.9 Å². The number of hydrogen-bond acceptors (Lipinski definition) is 5. The van der Waals surface area contributed by atoms with Crippen LogP contribution >= 0.6 is 11.8 Å². The van der Waals surface area contributed by atoms with E-state index in [1.807, 2.05) is 32.0 Å². The fourth-order valence-corrected chi connectivity index (χ4v) is 6.86. The van der Waals surface area contributed by atoms with E-state index in [2.05, 4.69) is 31.2 Å². The molecule has 0 spiro atoms. The van der Waals surface area contributed by atoms with Gasteiger partial charge in [-0.2, -0.15) is 18.4 Å². The lowest BCUT2D eigenvalue weighted by molar-refractivity contribution is -0.137. The second-order valence-corrected chi connectivity index (χ2v) is 11.6. The molecule has 1 heterocycles. The molecule has 5 rings (SSSR count). The fourth-order valence-electron chi connectivity index (χ4n) is 5.78. The lowest BCUT2D eigenvalue weighted by atomic mass is 9.73. The first kappa shape index (κ1) is 28.6. The highest BCUT2D eigenvalue weighted by Gasteiger charge is 2.41. The first-order valence-corrected chi connectivity index (χ1v) is 14.4. The quantitative estimate of drug-likeness (QED) is 0.312. The van der Waals surface area contributed by atoms with Crippen molar-refractivity contribution in [3.63, 3.8) is 0 Å². The predicted octanol–water partition coefficient (Wildman–Crippen LogP) is 8.23. The summed E-state index contributed by atoms with van der Waals surface area (Å²) in [6.07, 6.45) is -3.01. The molecule has 2 N–H and O–H groups in total. The Morgan fingerprint density at radius 3 is 2.41 bits per heavy atom. The number of Topliss-reactive ketones (excluding diaryl/α,β-unsaturated/α-hetero) is 1. The molecule has 8 heteroatoms. The Hall–Kier alpha value is -3.96. The van der Waals surface area contributed by atoms with Crippen LogP contribution in [0.3, 0.4) is 0 Å². The third-order valence-corrected chi connectivity index (χ3v) is 9.08. The molecule has 0 saturated heterocycles. The summed E-state index contributed by atoms with van der Waals surface area (Å²) in [7, 11) is 0. The van der Waals surface area contributed by atoms with Gasteiger partial charge in [0.05, 0.1) is 23.1 Å². The highest BCUT2D eigenvalue weighted by molar-refractivity contribution is 7.98. The van der Waals surface area contributed by atoms with Gasteiger partial charge >= 0.3 is 6.18 Å². The second kappa shape index (κ2) is 11.1. The van der Waals surface area contributed by atoms with Crippen LogP contribution in [0, 0.1) is 32.1 Å². The van der Waals surface area contributed by atoms with E-state index in [4.69, 9.17) is 5.73 Å². The summed E-state index contributed by atoms with van der Waals surface area (Å²) in [5.74, 6) is 0.152. The first-order chi connectivity index (χ1) is 19.5. The standard InChI is InChI=1S/C33H30F3N3OS/c1-19-15-22(18-41-29-10-5-4-7-20(29)2)21(3)25(16-19)30-26(17-37)32(38)39(27-8-6-9-28(40)31(27)30)24-13-11-23(12-14-24)33(34,35)36/h4-5,7,10-16,30H,6,8-9,18,38H2,1-3H3. The Bertz CT molecular complexity index is 1630. The SMILES string of the molecule is Cc1cc(CSc2ccccc2C)c(C)c(C2C(C#N)=C(N)N(c3ccc(C(F)(F)F)cc3)C3=C2C(=O)CCC3)c1. The van der Waals surface area contributed by atoms with Gasteiger partial charge in [-0.15, -0.1) is 11.8 Å². The molecule has 2 aliphatic rings. The number of carbonyl (C=O) groups is 1. The number of anilines is 1. The molecule has 1 aliphatic carbocycles. The van der Waals surface area contributed by atoms with E-state index in [-0.39, 0.29) is 17.2 Å². The highest BCUT2D eigenvalue weighted by atomic mass is 32.2. The van der Waals surface area contributed by atoms with Crippen molar-refractivity contribution in [3.8, 4) is 6.07 Å². The van der Waals surface area contributed by atoms with Gasteiger partial charge in [0.15, 0.2) is 5.78 Å². The average Bonchev–Trinajstić information content (AvgIpc) is 2.93. The van der Waals surface area contributed by atoms with Gasteiger partial charge in [-0.1, -0.05) is 35.9 Å². The molecular formula is C33H30F3N3OS. The number of benzene rings is 3. The maximum absolute atomic E-state index is 13.6. The zero-order chi connectivity index (χ0) is 29.5. The van der Waals surface area contributed by atoms with Gasteiger partial charge in [0, 0.05) is 34.0 Å². The van der Waals surface area contributed by atoms with Crippen molar-refractivity contribution in [2.75, 3.05) is 4.90 Å². The topological polar surface area (TPSA) is 70.1 Å². The van der Waals surface area contributed by atoms with Gasteiger partial charge in [-0.3, -0.25) is 9.69 Å². The van der Waals surface area contributed by atoms with Crippen molar-refractivity contribution in [3.05, 3.63) is 117 Å². The molecule has 0 bridgehead atoms. The molecule has 41 heavy (non-hydrogen) atoms. The number of thioether (sulfide) groups is 1. The largest absolute Gasteiger partial charge is 0.416 e. The predicted molar refractivity (Wildman–Crippen MR) is 156 cm³/mol. The number of carbonyl (C=O) groups excluding carboxylic acids is 1. The molecular weight excluding hydrogens is 543 g/mol. The molecule has 0 aromatic heterocycles. The van der Waals surface area contributed by atoms with Gasteiger partial charge < -0.3 is 5.73 Å². The van der Waals surface area contributed by atoms with Crippen LogP contribution in [-0.4, -0.2) is 5.78 Å². The van der Waals surface area contributed by atoms with E-state index >= 15 is 0 Å². The van der Waals surface area contributed by atoms with Crippen LogP contribution in [0.2, 0.25) is 0 Å². The van der Waals surface area contributed by atoms with Crippen LogP contribution in [0.15, 0.2) is 88.2 Å². The number of aryl methyl sites for hydroxylation is 2. The molecule has 3 aromatic carbocycles. The molecule has 1 aliphatic heterocycles. The number of allylic oxidation sites excluding steroid dienone is 3. The fraction of sp³-hybridized carbons (Fsp3) is 0.273. The molecule has 0 saturated carbocycles. The lowest BCUT2D eigenvalue weighted by Crippen LogP contribution is -2.39. The van der Waals surface area contributed by atoms with Crippen molar-refractivity contribution in [1.29, 1.82) is 5.26 Å². The summed E-state index contributed by atoms with van der Waals surface area (Å²) in [5.41, 5.74) is 12.8. The second-order valence-electron chi connectivity index (χ2n) is 10.6. The van der Waals surface area contributed by atoms with Crippen molar-refractivity contribution in [1.82, 2.24) is 0 Å². The summed E-state index contributed by atoms with van der Waals surface area (Å²) >= 11 is 1.74. The van der Waals surface area contributed by atoms with Crippen LogP contribution in [0.25, 0.3) is 0 Å². The van der Waals surface area contributed by atoms with Crippen LogP contribution in [0.1, 0.15) is 58.6 Å².